The molecule has 0 aliphatic carbocycles. The second-order valence-corrected chi connectivity index (χ2v) is 3.55. The lowest BCUT2D eigenvalue weighted by atomic mass is 10.4. The van der Waals surface area contributed by atoms with Crippen LogP contribution in [0, 0.1) is 0 Å². The summed E-state index contributed by atoms with van der Waals surface area (Å²) in [7, 11) is 1.94. The highest BCUT2D eigenvalue weighted by molar-refractivity contribution is 6.30. The minimum absolute atomic E-state index is 0.644. The molecule has 15 heavy (non-hydrogen) atoms. The third-order valence-corrected chi connectivity index (χ3v) is 2.31. The Balaban J connectivity index is 2.29. The van der Waals surface area contributed by atoms with E-state index in [2.05, 4.69) is 4.98 Å². The molecule has 0 aromatic carbocycles. The zero-order valence-corrected chi connectivity index (χ0v) is 9.09. The molecule has 0 fully saturated rings. The van der Waals surface area contributed by atoms with Crippen molar-refractivity contribution < 1.29 is 4.68 Å². The first-order valence-corrected chi connectivity index (χ1v) is 4.97. The van der Waals surface area contributed by atoms with Crippen molar-refractivity contribution in [1.82, 2.24) is 4.98 Å². The van der Waals surface area contributed by atoms with Crippen LogP contribution in [0.25, 0.3) is 0 Å². The van der Waals surface area contributed by atoms with Crippen molar-refractivity contribution in [3.05, 3.63) is 53.9 Å². The van der Waals surface area contributed by atoms with Gasteiger partial charge < -0.3 is 0 Å². The van der Waals surface area contributed by atoms with Crippen molar-refractivity contribution in [2.45, 2.75) is 0 Å². The number of rotatable bonds is 2. The van der Waals surface area contributed by atoms with Crippen LogP contribution in [0.15, 0.2) is 48.9 Å². The minimum Gasteiger partial charge on any atom is -0.233 e. The van der Waals surface area contributed by atoms with Crippen LogP contribution < -0.4 is 9.69 Å². The van der Waals surface area contributed by atoms with Crippen LogP contribution in [-0.4, -0.2) is 12.0 Å². The quantitative estimate of drug-likeness (QED) is 0.721. The van der Waals surface area contributed by atoms with Crippen LogP contribution in [0.1, 0.15) is 0 Å². The third-order valence-electron chi connectivity index (χ3n) is 2.09. The van der Waals surface area contributed by atoms with E-state index in [-0.39, 0.29) is 0 Å². The lowest BCUT2D eigenvalue weighted by Crippen LogP contribution is -2.51. The van der Waals surface area contributed by atoms with Gasteiger partial charge in [-0.1, -0.05) is 22.3 Å². The summed E-state index contributed by atoms with van der Waals surface area (Å²) in [6.07, 6.45) is 5.55. The molecule has 0 aliphatic rings. The Morgan fingerprint density at radius 2 is 1.93 bits per heavy atom. The number of halogens is 1. The molecule has 2 aromatic heterocycles. The molecule has 0 saturated carbocycles. The summed E-state index contributed by atoms with van der Waals surface area (Å²) in [5.74, 6) is 0.843. The maximum Gasteiger partial charge on any atom is 0.200 e. The molecule has 2 rings (SSSR count). The summed E-state index contributed by atoms with van der Waals surface area (Å²) in [5.41, 5.74) is 0. The number of pyridine rings is 2. The van der Waals surface area contributed by atoms with E-state index >= 15 is 0 Å². The molecule has 4 heteroatoms. The normalized spacial score (nSPS) is 10.0. The minimum atomic E-state index is 0.644. The molecule has 0 unspecified atom stereocenters. The maximum atomic E-state index is 5.77. The predicted molar refractivity (Wildman–Crippen MR) is 59.7 cm³/mol. The summed E-state index contributed by atoms with van der Waals surface area (Å²) in [6, 6.07) is 9.60. The second kappa shape index (κ2) is 4.28. The Morgan fingerprint density at radius 3 is 2.53 bits per heavy atom. The van der Waals surface area contributed by atoms with Crippen molar-refractivity contribution in [3.63, 3.8) is 0 Å². The lowest BCUT2D eigenvalue weighted by molar-refractivity contribution is -0.681. The molecule has 0 atom stereocenters. The van der Waals surface area contributed by atoms with Crippen LogP contribution >= 0.6 is 11.6 Å². The fraction of sp³-hybridized carbons (Fsp3) is 0.0909. The SMILES string of the molecule is CN(c1ccc(Cl)cn1)[n+]1ccccc1. The van der Waals surface area contributed by atoms with E-state index in [0.29, 0.717) is 5.02 Å². The largest absolute Gasteiger partial charge is 0.233 e. The highest BCUT2D eigenvalue weighted by Crippen LogP contribution is 2.11. The van der Waals surface area contributed by atoms with Crippen LogP contribution in [0.3, 0.4) is 0 Å². The molecule has 0 spiro atoms. The van der Waals surface area contributed by atoms with Crippen molar-refractivity contribution in [2.75, 3.05) is 12.1 Å². The van der Waals surface area contributed by atoms with Crippen LogP contribution in [0.4, 0.5) is 5.82 Å². The van der Waals surface area contributed by atoms with E-state index in [0.717, 1.165) is 5.82 Å². The van der Waals surface area contributed by atoms with Gasteiger partial charge >= 0.3 is 0 Å². The Labute approximate surface area is 93.5 Å². The molecule has 0 amide bonds. The highest BCUT2D eigenvalue weighted by atomic mass is 35.5. The molecule has 2 aromatic rings. The number of aromatic nitrogens is 2. The molecular formula is C11H11ClN3+. The first kappa shape index (κ1) is 9.93. The van der Waals surface area contributed by atoms with Crippen LogP contribution in [0.5, 0.6) is 0 Å². The van der Waals surface area contributed by atoms with Gasteiger partial charge in [0.2, 0.25) is 0 Å². The van der Waals surface area contributed by atoms with Crippen molar-refractivity contribution in [3.8, 4) is 0 Å². The summed E-state index contributed by atoms with van der Waals surface area (Å²) in [6.45, 7) is 0. The average Bonchev–Trinajstić information content (AvgIpc) is 2.30. The standard InChI is InChI=1S/C11H11ClN3/c1-14(15-7-3-2-4-8-15)11-6-5-10(12)9-13-11/h2-9H,1H3/q+1. The second-order valence-electron chi connectivity index (χ2n) is 3.11. The molecule has 2 heterocycles. The van der Waals surface area contributed by atoms with Crippen molar-refractivity contribution in [2.24, 2.45) is 0 Å². The Hall–Kier alpha value is -1.61. The molecule has 0 bridgehead atoms. The molecule has 0 radical (unpaired) electrons. The topological polar surface area (TPSA) is 20.0 Å². The van der Waals surface area contributed by atoms with Gasteiger partial charge in [0.25, 0.3) is 0 Å². The van der Waals surface area contributed by atoms with E-state index in [4.69, 9.17) is 11.6 Å². The molecule has 0 saturated heterocycles. The third kappa shape index (κ3) is 2.25. The van der Waals surface area contributed by atoms with Gasteiger partial charge in [0, 0.05) is 18.3 Å². The number of hydrogen-bond donors (Lipinski definition) is 0. The molecule has 76 valence electrons. The number of hydrogen-bond acceptors (Lipinski definition) is 2. The molecule has 3 nitrogen and oxygen atoms in total. The van der Waals surface area contributed by atoms with E-state index < -0.39 is 0 Å². The maximum absolute atomic E-state index is 5.77. The number of nitrogens with zero attached hydrogens (tertiary/aromatic N) is 3. The van der Waals surface area contributed by atoms with E-state index in [9.17, 15) is 0 Å². The molecule has 0 N–H and O–H groups in total. The molecular weight excluding hydrogens is 210 g/mol. The Bertz CT molecular complexity index is 427. The smallest absolute Gasteiger partial charge is 0.200 e. The van der Waals surface area contributed by atoms with E-state index in [1.54, 1.807) is 6.20 Å². The van der Waals surface area contributed by atoms with E-state index in [1.807, 2.05) is 59.5 Å². The summed E-state index contributed by atoms with van der Waals surface area (Å²) in [5, 5.41) is 2.57. The first-order valence-electron chi connectivity index (χ1n) is 4.59. The number of anilines is 1. The van der Waals surface area contributed by atoms with Crippen LogP contribution in [0.2, 0.25) is 5.02 Å². The summed E-state index contributed by atoms with van der Waals surface area (Å²) < 4.78 is 1.94. The van der Waals surface area contributed by atoms with Gasteiger partial charge in [-0.15, -0.1) is 5.01 Å². The fourth-order valence-corrected chi connectivity index (χ4v) is 1.38. The van der Waals surface area contributed by atoms with Gasteiger partial charge in [0.15, 0.2) is 18.2 Å². The zero-order chi connectivity index (χ0) is 10.7. The van der Waals surface area contributed by atoms with Gasteiger partial charge in [-0.2, -0.15) is 0 Å². The Morgan fingerprint density at radius 1 is 1.20 bits per heavy atom. The Kier molecular flexibility index (Phi) is 2.83. The van der Waals surface area contributed by atoms with Crippen molar-refractivity contribution >= 4 is 17.4 Å². The predicted octanol–water partition coefficient (Wildman–Crippen LogP) is 1.92. The van der Waals surface area contributed by atoms with E-state index in [1.165, 1.54) is 0 Å². The first-order chi connectivity index (χ1) is 7.27. The fourth-order valence-electron chi connectivity index (χ4n) is 1.27. The molecule has 0 aliphatic heterocycles. The monoisotopic (exact) mass is 220 g/mol. The zero-order valence-electron chi connectivity index (χ0n) is 8.34. The average molecular weight is 221 g/mol. The van der Waals surface area contributed by atoms with Gasteiger partial charge in [-0.05, 0) is 12.1 Å². The van der Waals surface area contributed by atoms with Gasteiger partial charge in [-0.3, -0.25) is 0 Å². The van der Waals surface area contributed by atoms with Crippen molar-refractivity contribution in [1.29, 1.82) is 0 Å². The van der Waals surface area contributed by atoms with Gasteiger partial charge in [0.1, 0.15) is 0 Å². The van der Waals surface area contributed by atoms with Gasteiger partial charge in [0.05, 0.1) is 12.1 Å². The summed E-state index contributed by atoms with van der Waals surface area (Å²) in [4.78, 5) is 4.23. The highest BCUT2D eigenvalue weighted by Gasteiger charge is 2.09. The van der Waals surface area contributed by atoms with Crippen LogP contribution in [-0.2, 0) is 0 Å². The lowest BCUT2D eigenvalue weighted by Gasteiger charge is -2.10. The van der Waals surface area contributed by atoms with Gasteiger partial charge in [-0.25, -0.2) is 4.98 Å². The summed E-state index contributed by atoms with van der Waals surface area (Å²) >= 11 is 5.77.